The first-order valence-corrected chi connectivity index (χ1v) is 18.6. The Labute approximate surface area is 310 Å². The van der Waals surface area contributed by atoms with Crippen LogP contribution in [0.1, 0.15) is 36.5 Å². The number of amides is 2. The number of carbonyl (C=O) groups excluding carboxylic acids is 2. The lowest BCUT2D eigenvalue weighted by atomic mass is 9.88. The summed E-state index contributed by atoms with van der Waals surface area (Å²) in [4.78, 5) is 38.0. The van der Waals surface area contributed by atoms with E-state index in [0.717, 1.165) is 55.6 Å². The molecule has 0 unspecified atom stereocenters. The lowest BCUT2D eigenvalue weighted by molar-refractivity contribution is -0.137. The van der Waals surface area contributed by atoms with Gasteiger partial charge in [0.25, 0.3) is 0 Å². The summed E-state index contributed by atoms with van der Waals surface area (Å²) in [6, 6.07) is 23.7. The molecule has 3 aromatic carbocycles. The van der Waals surface area contributed by atoms with Gasteiger partial charge in [0.2, 0.25) is 5.91 Å². The zero-order valence-electron chi connectivity index (χ0n) is 29.7. The molecule has 2 amide bonds. The first kappa shape index (κ1) is 37.3. The summed E-state index contributed by atoms with van der Waals surface area (Å²) >= 11 is 6.41. The van der Waals surface area contributed by atoms with Crippen molar-refractivity contribution >= 4 is 23.6 Å². The maximum absolute atomic E-state index is 14.8. The van der Waals surface area contributed by atoms with Crippen molar-refractivity contribution in [2.75, 3.05) is 52.4 Å². The molecule has 2 aliphatic rings. The number of halogens is 2. The van der Waals surface area contributed by atoms with E-state index in [4.69, 9.17) is 21.1 Å². The van der Waals surface area contributed by atoms with Crippen molar-refractivity contribution in [1.82, 2.24) is 25.0 Å². The second kappa shape index (κ2) is 18.3. The highest BCUT2D eigenvalue weighted by molar-refractivity contribution is 6.30. The van der Waals surface area contributed by atoms with Crippen molar-refractivity contribution in [3.63, 3.8) is 0 Å². The van der Waals surface area contributed by atoms with Crippen molar-refractivity contribution in [3.8, 4) is 16.9 Å². The summed E-state index contributed by atoms with van der Waals surface area (Å²) in [7, 11) is 0. The standard InChI is InChI=1S/C41H47ClFN5O4/c1-2-51-38-12-6-11-37(43)36(38)28-47-22-24-48(25-23-47)40(49)39(45-41(50)52-29-30-8-4-3-5-9-30)31-15-19-46(20-16-31)21-17-32-26-34(42)13-14-35(32)33-10-7-18-44-27-33/h3-14,18,26-27,31,39H,2,15-17,19-25,28-29H2,1H3,(H,45,50)/t39-/m1/s1. The summed E-state index contributed by atoms with van der Waals surface area (Å²) < 4.78 is 26.0. The van der Waals surface area contributed by atoms with E-state index in [2.05, 4.69) is 32.2 Å². The number of ether oxygens (including phenoxy) is 2. The average Bonchev–Trinajstić information content (AvgIpc) is 3.18. The molecule has 0 bridgehead atoms. The number of piperidine rings is 1. The quantitative estimate of drug-likeness (QED) is 0.162. The Morgan fingerprint density at radius 2 is 1.73 bits per heavy atom. The molecule has 0 spiro atoms. The molecule has 52 heavy (non-hydrogen) atoms. The van der Waals surface area contributed by atoms with Gasteiger partial charge >= 0.3 is 6.09 Å². The number of hydrogen-bond acceptors (Lipinski definition) is 7. The predicted octanol–water partition coefficient (Wildman–Crippen LogP) is 6.83. The monoisotopic (exact) mass is 727 g/mol. The van der Waals surface area contributed by atoms with Gasteiger partial charge in [-0.2, -0.15) is 0 Å². The highest BCUT2D eigenvalue weighted by Crippen LogP contribution is 2.29. The summed E-state index contributed by atoms with van der Waals surface area (Å²) in [5.41, 5.74) is 4.75. The zero-order valence-corrected chi connectivity index (χ0v) is 30.4. The number of rotatable bonds is 13. The number of pyridine rings is 1. The third-order valence-corrected chi connectivity index (χ3v) is 10.3. The van der Waals surface area contributed by atoms with E-state index in [0.29, 0.717) is 55.7 Å². The molecule has 2 fully saturated rings. The maximum Gasteiger partial charge on any atom is 0.408 e. The van der Waals surface area contributed by atoms with Gasteiger partial charge < -0.3 is 24.6 Å². The van der Waals surface area contributed by atoms with Gasteiger partial charge in [-0.15, -0.1) is 0 Å². The molecule has 4 aromatic rings. The fourth-order valence-corrected chi connectivity index (χ4v) is 7.36. The van der Waals surface area contributed by atoms with Crippen molar-refractivity contribution in [3.05, 3.63) is 119 Å². The molecule has 11 heteroatoms. The van der Waals surface area contributed by atoms with Crippen LogP contribution < -0.4 is 10.1 Å². The van der Waals surface area contributed by atoms with Gasteiger partial charge in [-0.3, -0.25) is 14.7 Å². The minimum Gasteiger partial charge on any atom is -0.493 e. The van der Waals surface area contributed by atoms with Crippen LogP contribution in [0, 0.1) is 11.7 Å². The van der Waals surface area contributed by atoms with Crippen LogP contribution in [0.25, 0.3) is 11.1 Å². The molecule has 1 aromatic heterocycles. The molecule has 0 saturated carbocycles. The first-order valence-electron chi connectivity index (χ1n) is 18.2. The number of carbonyl (C=O) groups is 2. The summed E-state index contributed by atoms with van der Waals surface area (Å²) in [6.07, 6.45) is 5.38. The summed E-state index contributed by atoms with van der Waals surface area (Å²) in [6.45, 7) is 7.43. The molecule has 0 radical (unpaired) electrons. The fraction of sp³-hybridized carbons (Fsp3) is 0.390. The van der Waals surface area contributed by atoms with E-state index in [1.807, 2.05) is 66.6 Å². The number of nitrogens with zero attached hydrogens (tertiary/aromatic N) is 4. The number of aromatic nitrogens is 1. The minimum atomic E-state index is -0.710. The third kappa shape index (κ3) is 9.87. The number of alkyl carbamates (subject to hydrolysis) is 1. The Morgan fingerprint density at radius 3 is 2.46 bits per heavy atom. The Morgan fingerprint density at radius 1 is 0.942 bits per heavy atom. The first-order chi connectivity index (χ1) is 25.4. The Hall–Kier alpha value is -4.51. The van der Waals surface area contributed by atoms with Gasteiger partial charge in [-0.25, -0.2) is 9.18 Å². The lowest BCUT2D eigenvalue weighted by Crippen LogP contribution is -2.58. The van der Waals surface area contributed by atoms with Crippen molar-refractivity contribution in [2.24, 2.45) is 5.92 Å². The van der Waals surface area contributed by atoms with Gasteiger partial charge in [-0.05, 0) is 92.2 Å². The lowest BCUT2D eigenvalue weighted by Gasteiger charge is -2.40. The number of benzene rings is 3. The van der Waals surface area contributed by atoms with Gasteiger partial charge in [-0.1, -0.05) is 60.1 Å². The molecular formula is C41H47ClFN5O4. The van der Waals surface area contributed by atoms with Crippen LogP contribution in [-0.2, 0) is 29.1 Å². The summed E-state index contributed by atoms with van der Waals surface area (Å²) in [5, 5.41) is 3.67. The zero-order chi connectivity index (χ0) is 36.3. The molecule has 1 N–H and O–H groups in total. The molecule has 6 rings (SSSR count). The van der Waals surface area contributed by atoms with E-state index in [1.165, 1.54) is 11.6 Å². The van der Waals surface area contributed by atoms with Crippen molar-refractivity contribution in [1.29, 1.82) is 0 Å². The molecule has 0 aliphatic carbocycles. The minimum absolute atomic E-state index is 0.0460. The van der Waals surface area contributed by atoms with E-state index in [-0.39, 0.29) is 24.2 Å². The number of piperazine rings is 1. The molecule has 274 valence electrons. The van der Waals surface area contributed by atoms with Crippen LogP contribution in [0.2, 0.25) is 5.02 Å². The van der Waals surface area contributed by atoms with Gasteiger partial charge in [0.15, 0.2) is 0 Å². The largest absolute Gasteiger partial charge is 0.493 e. The third-order valence-electron chi connectivity index (χ3n) is 10.0. The fourth-order valence-electron chi connectivity index (χ4n) is 7.16. The molecular weight excluding hydrogens is 681 g/mol. The van der Waals surface area contributed by atoms with Crippen molar-refractivity contribution in [2.45, 2.75) is 45.4 Å². The maximum atomic E-state index is 14.8. The average molecular weight is 728 g/mol. The second-order valence-electron chi connectivity index (χ2n) is 13.4. The van der Waals surface area contributed by atoms with E-state index >= 15 is 0 Å². The molecule has 9 nitrogen and oxygen atoms in total. The van der Waals surface area contributed by atoms with Crippen LogP contribution >= 0.6 is 11.6 Å². The van der Waals surface area contributed by atoms with E-state index in [9.17, 15) is 14.0 Å². The van der Waals surface area contributed by atoms with Crippen LogP contribution in [0.3, 0.4) is 0 Å². The van der Waals surface area contributed by atoms with Crippen LogP contribution in [0.5, 0.6) is 5.75 Å². The van der Waals surface area contributed by atoms with Crippen LogP contribution in [0.4, 0.5) is 9.18 Å². The van der Waals surface area contributed by atoms with Gasteiger partial charge in [0.1, 0.15) is 24.2 Å². The molecule has 1 atom stereocenters. The molecule has 2 saturated heterocycles. The normalized spacial score (nSPS) is 16.3. The second-order valence-corrected chi connectivity index (χ2v) is 13.8. The van der Waals surface area contributed by atoms with Crippen molar-refractivity contribution < 1.29 is 23.5 Å². The SMILES string of the molecule is CCOc1cccc(F)c1CN1CCN(C(=O)[C@H](NC(=O)OCc2ccccc2)C2CCN(CCc3cc(Cl)ccc3-c3cccnc3)CC2)CC1. The molecule has 2 aliphatic heterocycles. The van der Waals surface area contributed by atoms with Gasteiger partial charge in [0.05, 0.1) is 6.61 Å². The molecule has 3 heterocycles. The predicted molar refractivity (Wildman–Crippen MR) is 201 cm³/mol. The number of nitrogens with one attached hydrogen (secondary N) is 1. The highest BCUT2D eigenvalue weighted by atomic mass is 35.5. The van der Waals surface area contributed by atoms with E-state index < -0.39 is 12.1 Å². The Bertz CT molecular complexity index is 1770. The Balaban J connectivity index is 1.08. The summed E-state index contributed by atoms with van der Waals surface area (Å²) in [5.74, 6) is 0.105. The smallest absolute Gasteiger partial charge is 0.408 e. The van der Waals surface area contributed by atoms with Crippen LogP contribution in [0.15, 0.2) is 91.3 Å². The highest BCUT2D eigenvalue weighted by Gasteiger charge is 2.37. The van der Waals surface area contributed by atoms with E-state index in [1.54, 1.807) is 18.3 Å². The topological polar surface area (TPSA) is 87.2 Å². The van der Waals surface area contributed by atoms with Crippen LogP contribution in [-0.4, -0.2) is 90.1 Å². The Kier molecular flexibility index (Phi) is 13.1. The number of likely N-dealkylation sites (tertiary alicyclic amines) is 1. The number of hydrogen-bond donors (Lipinski definition) is 1. The van der Waals surface area contributed by atoms with Gasteiger partial charge in [0, 0.05) is 67.8 Å².